The summed E-state index contributed by atoms with van der Waals surface area (Å²) in [6.07, 6.45) is 0. The molecule has 0 aliphatic rings. The van der Waals surface area contributed by atoms with Crippen LogP contribution in [-0.2, 0) is 20.3 Å². The second kappa shape index (κ2) is 13.0. The number of esters is 2. The Morgan fingerprint density at radius 1 is 0.463 bits per heavy atom. The van der Waals surface area contributed by atoms with E-state index in [1.165, 1.54) is 11.1 Å². The Morgan fingerprint density at radius 2 is 0.852 bits per heavy atom. The topological polar surface area (TPSA) is 52.6 Å². The molecule has 0 fully saturated rings. The maximum atomic E-state index is 13.8. The normalized spacial score (nSPS) is 12.4. The van der Waals surface area contributed by atoms with Gasteiger partial charge in [0.05, 0.1) is 24.3 Å². The van der Waals surface area contributed by atoms with Crippen molar-refractivity contribution >= 4 is 65.8 Å². The van der Waals surface area contributed by atoms with Crippen LogP contribution in [0.25, 0.3) is 76.1 Å². The monoisotopic (exact) mass is 710 g/mol. The predicted molar refractivity (Wildman–Crippen MR) is 225 cm³/mol. The fraction of sp³-hybridized carbons (Fsp3) is 0.240. The standard InChI is InChI=1S/C50H46O4/c1-9-53-47(51)37-21-19-29-15-11-13-17-35(29)45(37)39-25-31-23-34(50(6,7)8)28-42-40(26-32-24-33(49(3,4)5)27-41(39)43(32)44(31)42)46-36-18-14-12-16-30(36)20-22-38(46)48(52)54-10-2/h11-28H,9-10H2,1-8H3. The van der Waals surface area contributed by atoms with Gasteiger partial charge < -0.3 is 9.47 Å². The van der Waals surface area contributed by atoms with Crippen LogP contribution in [0.3, 0.4) is 0 Å². The molecule has 0 saturated carbocycles. The lowest BCUT2D eigenvalue weighted by Gasteiger charge is -2.27. The van der Waals surface area contributed by atoms with Crippen molar-refractivity contribution in [3.05, 3.63) is 131 Å². The minimum atomic E-state index is -0.334. The lowest BCUT2D eigenvalue weighted by atomic mass is 9.77. The van der Waals surface area contributed by atoms with Gasteiger partial charge in [-0.25, -0.2) is 9.59 Å². The highest BCUT2D eigenvalue weighted by Gasteiger charge is 2.28. The number of hydrogen-bond acceptors (Lipinski definition) is 4. The van der Waals surface area contributed by atoms with Crippen molar-refractivity contribution in [2.75, 3.05) is 13.2 Å². The van der Waals surface area contributed by atoms with Crippen molar-refractivity contribution in [2.45, 2.75) is 66.2 Å². The van der Waals surface area contributed by atoms with Gasteiger partial charge in [-0.2, -0.15) is 0 Å². The highest BCUT2D eigenvalue weighted by Crippen LogP contribution is 2.49. The molecule has 0 unspecified atom stereocenters. The Kier molecular flexibility index (Phi) is 8.49. The van der Waals surface area contributed by atoms with Crippen LogP contribution >= 0.6 is 0 Å². The maximum Gasteiger partial charge on any atom is 0.338 e. The Labute approximate surface area is 317 Å². The first-order chi connectivity index (χ1) is 25.8. The van der Waals surface area contributed by atoms with Crippen molar-refractivity contribution in [1.29, 1.82) is 0 Å². The summed E-state index contributed by atoms with van der Waals surface area (Å²) < 4.78 is 11.4. The number of rotatable bonds is 6. The molecule has 0 amide bonds. The lowest BCUT2D eigenvalue weighted by molar-refractivity contribution is 0.0518. The largest absolute Gasteiger partial charge is 0.462 e. The molecule has 270 valence electrons. The van der Waals surface area contributed by atoms with E-state index in [1.54, 1.807) is 0 Å². The van der Waals surface area contributed by atoms with E-state index in [-0.39, 0.29) is 36.0 Å². The smallest absolute Gasteiger partial charge is 0.338 e. The Bertz CT molecular complexity index is 2600. The molecule has 8 rings (SSSR count). The van der Waals surface area contributed by atoms with Crippen LogP contribution in [-0.4, -0.2) is 25.2 Å². The summed E-state index contributed by atoms with van der Waals surface area (Å²) in [6.45, 7) is 17.7. The molecule has 0 bridgehead atoms. The van der Waals surface area contributed by atoms with Gasteiger partial charge in [-0.05, 0) is 137 Å². The van der Waals surface area contributed by atoms with E-state index in [0.29, 0.717) is 11.1 Å². The average Bonchev–Trinajstić information content (AvgIpc) is 3.14. The molecule has 8 aromatic carbocycles. The molecular formula is C50H46O4. The molecular weight excluding hydrogens is 665 g/mol. The maximum absolute atomic E-state index is 13.8. The molecule has 4 nitrogen and oxygen atoms in total. The van der Waals surface area contributed by atoms with E-state index in [2.05, 4.69) is 102 Å². The highest BCUT2D eigenvalue weighted by molar-refractivity contribution is 6.31. The van der Waals surface area contributed by atoms with Crippen molar-refractivity contribution < 1.29 is 19.1 Å². The van der Waals surface area contributed by atoms with Gasteiger partial charge in [0.2, 0.25) is 0 Å². The molecule has 0 radical (unpaired) electrons. The molecule has 0 aliphatic heterocycles. The molecule has 0 saturated heterocycles. The van der Waals surface area contributed by atoms with Crippen LogP contribution in [0.1, 0.15) is 87.2 Å². The zero-order valence-electron chi connectivity index (χ0n) is 32.4. The van der Waals surface area contributed by atoms with E-state index in [9.17, 15) is 9.59 Å². The molecule has 4 heteroatoms. The van der Waals surface area contributed by atoms with E-state index in [1.807, 2.05) is 62.4 Å². The number of hydrogen-bond donors (Lipinski definition) is 0. The van der Waals surface area contributed by atoms with E-state index in [4.69, 9.17) is 9.47 Å². The summed E-state index contributed by atoms with van der Waals surface area (Å²) in [5.74, 6) is -0.667. The number of carbonyl (C=O) groups is 2. The first-order valence-electron chi connectivity index (χ1n) is 19.0. The number of benzene rings is 8. The van der Waals surface area contributed by atoms with Crippen molar-refractivity contribution in [3.63, 3.8) is 0 Å². The Balaban J connectivity index is 1.62. The molecule has 0 aromatic heterocycles. The Hall–Kier alpha value is -5.74. The fourth-order valence-electron chi connectivity index (χ4n) is 8.17. The average molecular weight is 711 g/mol. The zero-order chi connectivity index (χ0) is 38.1. The molecule has 0 atom stereocenters. The predicted octanol–water partition coefficient (Wildman–Crippen LogP) is 13.2. The van der Waals surface area contributed by atoms with Crippen LogP contribution < -0.4 is 0 Å². The molecule has 0 heterocycles. The highest BCUT2D eigenvalue weighted by atomic mass is 16.5. The van der Waals surface area contributed by atoms with E-state index < -0.39 is 0 Å². The summed E-state index contributed by atoms with van der Waals surface area (Å²) in [7, 11) is 0. The van der Waals surface area contributed by atoms with Crippen LogP contribution in [0.2, 0.25) is 0 Å². The van der Waals surface area contributed by atoms with Gasteiger partial charge in [-0.1, -0.05) is 114 Å². The molecule has 0 N–H and O–H groups in total. The van der Waals surface area contributed by atoms with Gasteiger partial charge in [0.15, 0.2) is 0 Å². The summed E-state index contributed by atoms with van der Waals surface area (Å²) in [4.78, 5) is 27.6. The number of fused-ring (bicyclic) bond motifs is 2. The second-order valence-electron chi connectivity index (χ2n) is 16.5. The zero-order valence-corrected chi connectivity index (χ0v) is 32.4. The summed E-state index contributed by atoms with van der Waals surface area (Å²) in [5.41, 5.74) is 6.84. The van der Waals surface area contributed by atoms with Crippen LogP contribution in [0.5, 0.6) is 0 Å². The summed E-state index contributed by atoms with van der Waals surface area (Å²) >= 11 is 0. The third-order valence-corrected chi connectivity index (χ3v) is 10.9. The second-order valence-corrected chi connectivity index (χ2v) is 16.5. The fourth-order valence-corrected chi connectivity index (χ4v) is 8.17. The van der Waals surface area contributed by atoms with Crippen LogP contribution in [0.15, 0.2) is 109 Å². The first-order valence-corrected chi connectivity index (χ1v) is 19.0. The summed E-state index contributed by atoms with van der Waals surface area (Å²) in [5, 5.41) is 10.7. The third kappa shape index (κ3) is 5.76. The third-order valence-electron chi connectivity index (χ3n) is 10.9. The quantitative estimate of drug-likeness (QED) is 0.127. The molecule has 0 aliphatic carbocycles. The van der Waals surface area contributed by atoms with Crippen molar-refractivity contribution in [1.82, 2.24) is 0 Å². The van der Waals surface area contributed by atoms with Gasteiger partial charge in [-0.3, -0.25) is 0 Å². The molecule has 8 aromatic rings. The van der Waals surface area contributed by atoms with Gasteiger partial charge in [-0.15, -0.1) is 0 Å². The van der Waals surface area contributed by atoms with Crippen molar-refractivity contribution in [3.8, 4) is 22.3 Å². The van der Waals surface area contributed by atoms with Gasteiger partial charge in [0, 0.05) is 11.1 Å². The minimum absolute atomic E-state index is 0.181. The molecule has 0 spiro atoms. The van der Waals surface area contributed by atoms with Gasteiger partial charge >= 0.3 is 11.9 Å². The number of carbonyl (C=O) groups excluding carboxylic acids is 2. The van der Waals surface area contributed by atoms with Crippen LogP contribution in [0, 0.1) is 0 Å². The number of ether oxygens (including phenoxy) is 2. The minimum Gasteiger partial charge on any atom is -0.462 e. The van der Waals surface area contributed by atoms with Gasteiger partial charge in [0.25, 0.3) is 0 Å². The Morgan fingerprint density at radius 3 is 1.22 bits per heavy atom. The lowest BCUT2D eigenvalue weighted by Crippen LogP contribution is -2.12. The van der Waals surface area contributed by atoms with Gasteiger partial charge in [0.1, 0.15) is 0 Å². The van der Waals surface area contributed by atoms with E-state index >= 15 is 0 Å². The SMILES string of the molecule is CCOC(=O)c1ccc2ccccc2c1-c1cc2cc(C(C)(C)C)cc3c(-c4c(C(=O)OCC)ccc5ccccc45)cc4cc(C(C)(C)C)cc1c4c23. The summed E-state index contributed by atoms with van der Waals surface area (Å²) in [6, 6.07) is 38.3. The van der Waals surface area contributed by atoms with Crippen molar-refractivity contribution in [2.24, 2.45) is 0 Å². The van der Waals surface area contributed by atoms with E-state index in [0.717, 1.165) is 76.1 Å². The first kappa shape index (κ1) is 35.3. The molecule has 54 heavy (non-hydrogen) atoms. The van der Waals surface area contributed by atoms with Crippen LogP contribution in [0.4, 0.5) is 0 Å².